The first-order valence-corrected chi connectivity index (χ1v) is 6.49. The molecule has 0 saturated heterocycles. The number of carbonyl (C=O) groups excluding carboxylic acids is 1. The molecule has 1 amide bonds. The maximum absolute atomic E-state index is 12.4. The minimum atomic E-state index is -4.44. The van der Waals surface area contributed by atoms with E-state index < -0.39 is 11.7 Å². The number of halogens is 3. The van der Waals surface area contributed by atoms with Gasteiger partial charge in [0, 0.05) is 12.2 Å². The van der Waals surface area contributed by atoms with Crippen molar-refractivity contribution in [3.8, 4) is 0 Å². The number of alkyl halides is 3. The fraction of sp³-hybridized carbons (Fsp3) is 0.364. The number of hydrogen-bond acceptors (Lipinski definition) is 3. The molecular weight excluding hydrogens is 265 g/mol. The molecule has 0 unspecified atom stereocenters. The summed E-state index contributed by atoms with van der Waals surface area (Å²) in [6, 6.07) is 2.86. The maximum Gasteiger partial charge on any atom is 0.416 e. The zero-order valence-corrected chi connectivity index (χ0v) is 10.5. The van der Waals surface area contributed by atoms with Gasteiger partial charge in [-0.1, -0.05) is 0 Å². The van der Waals surface area contributed by atoms with Crippen LogP contribution >= 0.6 is 11.8 Å². The Balaban J connectivity index is 2.77. The van der Waals surface area contributed by atoms with Crippen LogP contribution in [0.2, 0.25) is 0 Å². The number of benzene rings is 1. The number of carbonyl (C=O) groups is 1. The predicted molar refractivity (Wildman–Crippen MR) is 67.5 cm³/mol. The van der Waals surface area contributed by atoms with Crippen molar-refractivity contribution in [2.45, 2.75) is 12.6 Å². The van der Waals surface area contributed by atoms with E-state index in [1.807, 2.05) is 6.26 Å². The summed E-state index contributed by atoms with van der Waals surface area (Å²) < 4.78 is 37.1. The van der Waals surface area contributed by atoms with Crippen molar-refractivity contribution in [2.75, 3.05) is 23.1 Å². The van der Waals surface area contributed by atoms with Gasteiger partial charge in [0.1, 0.15) is 0 Å². The van der Waals surface area contributed by atoms with Crippen LogP contribution in [-0.2, 0) is 11.0 Å². The lowest BCUT2D eigenvalue weighted by molar-refractivity contribution is -0.137. The van der Waals surface area contributed by atoms with E-state index in [4.69, 9.17) is 5.73 Å². The summed E-state index contributed by atoms with van der Waals surface area (Å²) in [4.78, 5) is 11.4. The molecule has 0 spiro atoms. The number of anilines is 2. The molecule has 1 rings (SSSR count). The smallest absolute Gasteiger partial charge is 0.397 e. The van der Waals surface area contributed by atoms with Crippen molar-refractivity contribution in [2.24, 2.45) is 0 Å². The number of nitrogen functional groups attached to an aromatic ring is 1. The van der Waals surface area contributed by atoms with E-state index in [-0.39, 0.29) is 17.3 Å². The van der Waals surface area contributed by atoms with E-state index in [1.165, 1.54) is 11.8 Å². The first-order valence-electron chi connectivity index (χ1n) is 5.10. The quantitative estimate of drug-likeness (QED) is 0.832. The zero-order valence-electron chi connectivity index (χ0n) is 9.67. The molecule has 3 nitrogen and oxygen atoms in total. The van der Waals surface area contributed by atoms with E-state index in [9.17, 15) is 18.0 Å². The van der Waals surface area contributed by atoms with Gasteiger partial charge in [0.15, 0.2) is 0 Å². The van der Waals surface area contributed by atoms with Crippen molar-refractivity contribution >= 4 is 29.0 Å². The fourth-order valence-electron chi connectivity index (χ4n) is 1.26. The third-order valence-corrected chi connectivity index (χ3v) is 2.80. The summed E-state index contributed by atoms with van der Waals surface area (Å²) in [5, 5.41) is 2.48. The molecule has 0 aliphatic carbocycles. The molecule has 0 bridgehead atoms. The van der Waals surface area contributed by atoms with Gasteiger partial charge in [-0.3, -0.25) is 4.79 Å². The van der Waals surface area contributed by atoms with Crippen LogP contribution < -0.4 is 11.1 Å². The van der Waals surface area contributed by atoms with Crippen LogP contribution in [-0.4, -0.2) is 17.9 Å². The molecule has 7 heteroatoms. The molecule has 0 heterocycles. The lowest BCUT2D eigenvalue weighted by atomic mass is 10.1. The summed E-state index contributed by atoms with van der Waals surface area (Å²) in [5.41, 5.74) is 4.75. The minimum absolute atomic E-state index is 0.0951. The summed E-state index contributed by atoms with van der Waals surface area (Å²) >= 11 is 1.51. The molecular formula is C11H13F3N2OS. The number of thioether (sulfide) groups is 1. The third-order valence-electron chi connectivity index (χ3n) is 2.19. The first kappa shape index (κ1) is 14.7. The monoisotopic (exact) mass is 278 g/mol. The van der Waals surface area contributed by atoms with Gasteiger partial charge < -0.3 is 11.1 Å². The van der Waals surface area contributed by atoms with E-state index in [2.05, 4.69) is 5.32 Å². The number of nitrogens with one attached hydrogen (secondary N) is 1. The molecule has 0 aliphatic rings. The molecule has 18 heavy (non-hydrogen) atoms. The van der Waals surface area contributed by atoms with Crippen molar-refractivity contribution in [3.63, 3.8) is 0 Å². The van der Waals surface area contributed by atoms with Gasteiger partial charge in [0.25, 0.3) is 0 Å². The summed E-state index contributed by atoms with van der Waals surface area (Å²) in [6.45, 7) is 0. The average molecular weight is 278 g/mol. The van der Waals surface area contributed by atoms with Crippen molar-refractivity contribution < 1.29 is 18.0 Å². The Morgan fingerprint density at radius 3 is 2.61 bits per heavy atom. The Kier molecular flexibility index (Phi) is 4.89. The van der Waals surface area contributed by atoms with Gasteiger partial charge in [0.2, 0.25) is 5.91 Å². The standard InChI is InChI=1S/C11H13F3N2OS/c1-18-5-4-10(17)16-9-3-2-7(6-8(9)15)11(12,13)14/h2-3,6H,4-5,15H2,1H3,(H,16,17). The number of nitrogens with two attached hydrogens (primary N) is 1. The Bertz CT molecular complexity index is 435. The van der Waals surface area contributed by atoms with E-state index in [0.717, 1.165) is 18.2 Å². The van der Waals surface area contributed by atoms with Crippen LogP contribution in [0.15, 0.2) is 18.2 Å². The highest BCUT2D eigenvalue weighted by Crippen LogP contribution is 2.32. The molecule has 0 atom stereocenters. The Hall–Kier alpha value is -1.37. The number of amides is 1. The minimum Gasteiger partial charge on any atom is -0.397 e. The van der Waals surface area contributed by atoms with Gasteiger partial charge >= 0.3 is 6.18 Å². The molecule has 1 aromatic carbocycles. The SMILES string of the molecule is CSCCC(=O)Nc1ccc(C(F)(F)F)cc1N. The van der Waals surface area contributed by atoms with E-state index in [1.54, 1.807) is 0 Å². The second-order valence-corrected chi connectivity index (χ2v) is 4.58. The number of rotatable bonds is 4. The topological polar surface area (TPSA) is 55.1 Å². The Labute approximate surface area is 107 Å². The van der Waals surface area contributed by atoms with Crippen molar-refractivity contribution in [1.82, 2.24) is 0 Å². The lowest BCUT2D eigenvalue weighted by Gasteiger charge is -2.11. The Morgan fingerprint density at radius 2 is 2.11 bits per heavy atom. The maximum atomic E-state index is 12.4. The molecule has 3 N–H and O–H groups in total. The van der Waals surface area contributed by atoms with Crippen LogP contribution in [0.3, 0.4) is 0 Å². The van der Waals surface area contributed by atoms with E-state index >= 15 is 0 Å². The molecule has 0 saturated carbocycles. The first-order chi connectivity index (χ1) is 8.34. The third kappa shape index (κ3) is 4.14. The highest BCUT2D eigenvalue weighted by Gasteiger charge is 2.30. The second-order valence-electron chi connectivity index (χ2n) is 3.59. The summed E-state index contributed by atoms with van der Waals surface area (Å²) in [5.74, 6) is 0.377. The van der Waals surface area contributed by atoms with Gasteiger partial charge in [-0.15, -0.1) is 0 Å². The molecule has 0 aromatic heterocycles. The lowest BCUT2D eigenvalue weighted by Crippen LogP contribution is -2.14. The summed E-state index contributed by atoms with van der Waals surface area (Å²) in [7, 11) is 0. The number of hydrogen-bond donors (Lipinski definition) is 2. The Morgan fingerprint density at radius 1 is 1.44 bits per heavy atom. The molecule has 0 radical (unpaired) electrons. The van der Waals surface area contributed by atoms with Crippen LogP contribution in [0.4, 0.5) is 24.5 Å². The van der Waals surface area contributed by atoms with Gasteiger partial charge in [-0.2, -0.15) is 24.9 Å². The van der Waals surface area contributed by atoms with Crippen LogP contribution in [0.25, 0.3) is 0 Å². The van der Waals surface area contributed by atoms with Crippen molar-refractivity contribution in [3.05, 3.63) is 23.8 Å². The predicted octanol–water partition coefficient (Wildman–Crippen LogP) is 2.98. The molecule has 100 valence electrons. The van der Waals surface area contributed by atoms with Gasteiger partial charge in [-0.05, 0) is 24.5 Å². The van der Waals surface area contributed by atoms with Crippen LogP contribution in [0.1, 0.15) is 12.0 Å². The highest BCUT2D eigenvalue weighted by atomic mass is 32.2. The second kappa shape index (κ2) is 5.99. The van der Waals surface area contributed by atoms with Gasteiger partial charge in [0.05, 0.1) is 16.9 Å². The molecule has 1 aromatic rings. The average Bonchev–Trinajstić information content (AvgIpc) is 2.27. The highest BCUT2D eigenvalue weighted by molar-refractivity contribution is 7.98. The van der Waals surface area contributed by atoms with Crippen molar-refractivity contribution in [1.29, 1.82) is 0 Å². The zero-order chi connectivity index (χ0) is 13.8. The van der Waals surface area contributed by atoms with Gasteiger partial charge in [-0.25, -0.2) is 0 Å². The normalized spacial score (nSPS) is 11.3. The summed E-state index contributed by atoms with van der Waals surface area (Å²) in [6.07, 6.45) is -2.28. The molecule has 0 aliphatic heterocycles. The van der Waals surface area contributed by atoms with E-state index in [0.29, 0.717) is 12.2 Å². The fourth-order valence-corrected chi connectivity index (χ4v) is 1.65. The largest absolute Gasteiger partial charge is 0.416 e. The van der Waals surface area contributed by atoms with Crippen LogP contribution in [0.5, 0.6) is 0 Å². The molecule has 0 fully saturated rings. The van der Waals surface area contributed by atoms with Crippen LogP contribution in [0, 0.1) is 0 Å².